The first kappa shape index (κ1) is 18.3. The van der Waals surface area contributed by atoms with E-state index in [0.717, 1.165) is 21.6 Å². The van der Waals surface area contributed by atoms with Crippen molar-refractivity contribution in [3.63, 3.8) is 0 Å². The lowest BCUT2D eigenvalue weighted by molar-refractivity contribution is 0.0985. The Hall–Kier alpha value is -3.06. The molecule has 2 aromatic heterocycles. The van der Waals surface area contributed by atoms with E-state index in [1.54, 1.807) is 4.90 Å². The number of aromatic nitrogens is 3. The van der Waals surface area contributed by atoms with Crippen LogP contribution in [0.1, 0.15) is 21.7 Å². The summed E-state index contributed by atoms with van der Waals surface area (Å²) in [4.78, 5) is 19.5. The summed E-state index contributed by atoms with van der Waals surface area (Å²) in [6.45, 7) is 4.89. The molecule has 0 saturated heterocycles. The molecule has 0 aliphatic carbocycles. The minimum absolute atomic E-state index is 0.208. The summed E-state index contributed by atoms with van der Waals surface area (Å²) in [5.74, 6) is -0.577. The van der Waals surface area contributed by atoms with Gasteiger partial charge in [0.1, 0.15) is 5.82 Å². The highest BCUT2D eigenvalue weighted by Crippen LogP contribution is 2.29. The van der Waals surface area contributed by atoms with Gasteiger partial charge in [-0.1, -0.05) is 23.5 Å². The quantitative estimate of drug-likeness (QED) is 0.497. The summed E-state index contributed by atoms with van der Waals surface area (Å²) >= 11 is 1.47. The molecule has 0 aliphatic rings. The molecule has 5 nitrogen and oxygen atoms in total. The highest BCUT2D eigenvalue weighted by molar-refractivity contribution is 7.22. The standard InChI is InChI=1S/C21H19FN4OS/c1-14-13-15(2)26(24-14)12-11-25(20(27)16-7-9-17(22)10-8-16)21-23-18-5-3-4-6-19(18)28-21/h3-10,13H,11-12H2,1-2H3. The van der Waals surface area contributed by atoms with Crippen LogP contribution in [-0.2, 0) is 6.54 Å². The number of fused-ring (bicyclic) bond motifs is 1. The summed E-state index contributed by atoms with van der Waals surface area (Å²) in [6, 6.07) is 15.4. The number of rotatable bonds is 5. The van der Waals surface area contributed by atoms with Gasteiger partial charge in [-0.3, -0.25) is 14.4 Å². The molecule has 7 heteroatoms. The van der Waals surface area contributed by atoms with Crippen molar-refractivity contribution < 1.29 is 9.18 Å². The molecule has 0 spiro atoms. The van der Waals surface area contributed by atoms with Gasteiger partial charge in [-0.25, -0.2) is 9.37 Å². The van der Waals surface area contributed by atoms with Gasteiger partial charge < -0.3 is 0 Å². The molecule has 0 aliphatic heterocycles. The number of halogens is 1. The molecule has 0 unspecified atom stereocenters. The number of anilines is 1. The molecular formula is C21H19FN4OS. The number of carbonyl (C=O) groups excluding carboxylic acids is 1. The van der Waals surface area contributed by atoms with Crippen LogP contribution >= 0.6 is 11.3 Å². The highest BCUT2D eigenvalue weighted by atomic mass is 32.1. The molecule has 0 radical (unpaired) electrons. The average molecular weight is 394 g/mol. The van der Waals surface area contributed by atoms with Crippen LogP contribution < -0.4 is 4.90 Å². The van der Waals surface area contributed by atoms with Crippen molar-refractivity contribution in [3.05, 3.63) is 77.4 Å². The van der Waals surface area contributed by atoms with Crippen molar-refractivity contribution in [1.82, 2.24) is 14.8 Å². The summed E-state index contributed by atoms with van der Waals surface area (Å²) in [5.41, 5.74) is 3.25. The zero-order valence-electron chi connectivity index (χ0n) is 15.6. The highest BCUT2D eigenvalue weighted by Gasteiger charge is 2.21. The number of para-hydroxylation sites is 1. The molecule has 0 bridgehead atoms. The zero-order chi connectivity index (χ0) is 19.7. The van der Waals surface area contributed by atoms with Crippen LogP contribution in [0.5, 0.6) is 0 Å². The third kappa shape index (κ3) is 3.66. The average Bonchev–Trinajstić information content (AvgIpc) is 3.24. The Morgan fingerprint density at radius 3 is 2.57 bits per heavy atom. The van der Waals surface area contributed by atoms with E-state index in [1.807, 2.05) is 48.9 Å². The second kappa shape index (κ2) is 7.52. The van der Waals surface area contributed by atoms with Crippen molar-refractivity contribution in [3.8, 4) is 0 Å². The van der Waals surface area contributed by atoms with Crippen molar-refractivity contribution in [2.45, 2.75) is 20.4 Å². The van der Waals surface area contributed by atoms with Gasteiger partial charge in [-0.05, 0) is 56.3 Å². The van der Waals surface area contributed by atoms with E-state index in [4.69, 9.17) is 0 Å². The number of amides is 1. The molecule has 0 atom stereocenters. The lowest BCUT2D eigenvalue weighted by Gasteiger charge is -2.20. The Bertz CT molecular complexity index is 1100. The van der Waals surface area contributed by atoms with Gasteiger partial charge in [0.2, 0.25) is 0 Å². The monoisotopic (exact) mass is 394 g/mol. The summed E-state index contributed by atoms with van der Waals surface area (Å²) < 4.78 is 16.2. The van der Waals surface area contributed by atoms with Gasteiger partial charge in [-0.15, -0.1) is 0 Å². The fraction of sp³-hybridized carbons (Fsp3) is 0.190. The largest absolute Gasteiger partial charge is 0.282 e. The van der Waals surface area contributed by atoms with E-state index < -0.39 is 0 Å². The first-order valence-electron chi connectivity index (χ1n) is 8.95. The van der Waals surface area contributed by atoms with Crippen LogP contribution in [0.15, 0.2) is 54.6 Å². The minimum atomic E-state index is -0.370. The third-order valence-corrected chi connectivity index (χ3v) is 5.55. The van der Waals surface area contributed by atoms with E-state index in [2.05, 4.69) is 10.1 Å². The van der Waals surface area contributed by atoms with Crippen LogP contribution in [0.2, 0.25) is 0 Å². The van der Waals surface area contributed by atoms with E-state index in [1.165, 1.54) is 35.6 Å². The molecule has 0 N–H and O–H groups in total. The number of nitrogens with zero attached hydrogens (tertiary/aromatic N) is 4. The van der Waals surface area contributed by atoms with Gasteiger partial charge in [0.25, 0.3) is 5.91 Å². The smallest absolute Gasteiger partial charge is 0.260 e. The molecule has 2 heterocycles. The van der Waals surface area contributed by atoms with Crippen LogP contribution in [0.3, 0.4) is 0 Å². The van der Waals surface area contributed by atoms with E-state index in [-0.39, 0.29) is 11.7 Å². The Labute approximate surface area is 166 Å². The topological polar surface area (TPSA) is 51.0 Å². The number of thiazole rings is 1. The van der Waals surface area contributed by atoms with E-state index >= 15 is 0 Å². The lowest BCUT2D eigenvalue weighted by Crippen LogP contribution is -2.34. The number of benzene rings is 2. The van der Waals surface area contributed by atoms with Crippen molar-refractivity contribution in [2.24, 2.45) is 0 Å². The van der Waals surface area contributed by atoms with Gasteiger partial charge in [-0.2, -0.15) is 5.10 Å². The lowest BCUT2D eigenvalue weighted by atomic mass is 10.2. The number of carbonyl (C=O) groups is 1. The molecule has 142 valence electrons. The Morgan fingerprint density at radius 2 is 1.89 bits per heavy atom. The van der Waals surface area contributed by atoms with Crippen LogP contribution in [0.4, 0.5) is 9.52 Å². The number of aryl methyl sites for hydroxylation is 2. The summed E-state index contributed by atoms with van der Waals surface area (Å²) in [6.07, 6.45) is 0. The van der Waals surface area contributed by atoms with Gasteiger partial charge in [0.15, 0.2) is 5.13 Å². The normalized spacial score (nSPS) is 11.1. The van der Waals surface area contributed by atoms with Gasteiger partial charge in [0.05, 0.1) is 22.5 Å². The molecule has 4 aromatic rings. The Kier molecular flexibility index (Phi) is 4.92. The Balaban J connectivity index is 1.68. The maximum absolute atomic E-state index is 13.3. The van der Waals surface area contributed by atoms with Gasteiger partial charge >= 0.3 is 0 Å². The fourth-order valence-corrected chi connectivity index (χ4v) is 4.09. The van der Waals surface area contributed by atoms with Crippen molar-refractivity contribution >= 4 is 32.6 Å². The number of hydrogen-bond acceptors (Lipinski definition) is 4. The molecule has 1 amide bonds. The summed E-state index contributed by atoms with van der Waals surface area (Å²) in [7, 11) is 0. The molecule has 2 aromatic carbocycles. The molecule has 4 rings (SSSR count). The maximum atomic E-state index is 13.3. The van der Waals surface area contributed by atoms with Crippen molar-refractivity contribution in [2.75, 3.05) is 11.4 Å². The van der Waals surface area contributed by atoms with Crippen LogP contribution in [0, 0.1) is 19.7 Å². The SMILES string of the molecule is Cc1cc(C)n(CCN(C(=O)c2ccc(F)cc2)c2nc3ccccc3s2)n1. The second-order valence-corrected chi connectivity index (χ2v) is 7.59. The second-order valence-electron chi connectivity index (χ2n) is 6.58. The number of hydrogen-bond donors (Lipinski definition) is 0. The van der Waals surface area contributed by atoms with Gasteiger partial charge in [0, 0.05) is 17.8 Å². The van der Waals surface area contributed by atoms with Crippen LogP contribution in [0.25, 0.3) is 10.2 Å². The van der Waals surface area contributed by atoms with Crippen molar-refractivity contribution in [1.29, 1.82) is 0 Å². The van der Waals surface area contributed by atoms with Crippen LogP contribution in [-0.4, -0.2) is 27.2 Å². The predicted molar refractivity (Wildman–Crippen MR) is 109 cm³/mol. The minimum Gasteiger partial charge on any atom is -0.282 e. The fourth-order valence-electron chi connectivity index (χ4n) is 3.10. The third-order valence-electron chi connectivity index (χ3n) is 4.49. The van der Waals surface area contributed by atoms with E-state index in [0.29, 0.717) is 23.8 Å². The first-order valence-corrected chi connectivity index (χ1v) is 9.77. The summed E-state index contributed by atoms with van der Waals surface area (Å²) in [5, 5.41) is 5.10. The predicted octanol–water partition coefficient (Wildman–Crippen LogP) is 4.60. The first-order chi connectivity index (χ1) is 13.5. The zero-order valence-corrected chi connectivity index (χ0v) is 16.4. The molecule has 0 fully saturated rings. The maximum Gasteiger partial charge on any atom is 0.260 e. The Morgan fingerprint density at radius 1 is 1.14 bits per heavy atom. The molecular weight excluding hydrogens is 375 g/mol. The molecule has 0 saturated carbocycles. The van der Waals surface area contributed by atoms with E-state index in [9.17, 15) is 9.18 Å². The molecule has 28 heavy (non-hydrogen) atoms.